The lowest BCUT2D eigenvalue weighted by atomic mass is 10.0. The Hall–Kier alpha value is -2.08. The van der Waals surface area contributed by atoms with Gasteiger partial charge in [-0.25, -0.2) is 9.69 Å². The molecule has 1 saturated heterocycles. The third kappa shape index (κ3) is 3.56. The zero-order chi connectivity index (χ0) is 19.7. The molecule has 0 atom stereocenters. The van der Waals surface area contributed by atoms with E-state index in [1.807, 2.05) is 0 Å². The van der Waals surface area contributed by atoms with E-state index in [1.54, 1.807) is 13.8 Å². The van der Waals surface area contributed by atoms with E-state index >= 15 is 0 Å². The lowest BCUT2D eigenvalue weighted by Crippen LogP contribution is -2.44. The van der Waals surface area contributed by atoms with Crippen LogP contribution in [-0.2, 0) is 11.0 Å². The minimum absolute atomic E-state index is 0.192. The van der Waals surface area contributed by atoms with E-state index in [-0.39, 0.29) is 5.69 Å². The van der Waals surface area contributed by atoms with E-state index in [9.17, 15) is 22.8 Å². The zero-order valence-electron chi connectivity index (χ0n) is 14.2. The molecule has 1 aliphatic heterocycles. The molecule has 0 N–H and O–H groups in total. The van der Waals surface area contributed by atoms with Gasteiger partial charge in [0.15, 0.2) is 0 Å². The number of rotatable bonds is 5. The van der Waals surface area contributed by atoms with Crippen molar-refractivity contribution in [2.24, 2.45) is 0 Å². The van der Waals surface area contributed by atoms with E-state index in [0.717, 1.165) is 22.7 Å². The first kappa shape index (κ1) is 20.2. The fourth-order valence-electron chi connectivity index (χ4n) is 2.81. The summed E-state index contributed by atoms with van der Waals surface area (Å²) in [6.45, 7) is 3.45. The van der Waals surface area contributed by atoms with Crippen LogP contribution in [0, 0.1) is 11.3 Å². The van der Waals surface area contributed by atoms with Gasteiger partial charge < -0.3 is 4.90 Å². The summed E-state index contributed by atoms with van der Waals surface area (Å²) in [7, 11) is 0. The van der Waals surface area contributed by atoms with Crippen molar-refractivity contribution in [3.63, 3.8) is 0 Å². The Bertz CT molecular complexity index is 771. The van der Waals surface area contributed by atoms with E-state index in [2.05, 4.69) is 15.9 Å². The Balaban J connectivity index is 2.44. The number of urea groups is 1. The fourth-order valence-corrected chi connectivity index (χ4v) is 3.20. The Morgan fingerprint density at radius 3 is 2.42 bits per heavy atom. The highest BCUT2D eigenvalue weighted by atomic mass is 79.9. The van der Waals surface area contributed by atoms with Crippen LogP contribution in [0.5, 0.6) is 0 Å². The van der Waals surface area contributed by atoms with Crippen molar-refractivity contribution in [3.05, 3.63) is 29.3 Å². The third-order valence-corrected chi connectivity index (χ3v) is 4.84. The van der Waals surface area contributed by atoms with Crippen molar-refractivity contribution >= 4 is 33.6 Å². The smallest absolute Gasteiger partial charge is 0.310 e. The van der Waals surface area contributed by atoms with Crippen LogP contribution in [0.1, 0.15) is 37.8 Å². The molecule has 140 valence electrons. The molecule has 1 fully saturated rings. The van der Waals surface area contributed by atoms with Gasteiger partial charge in [-0.3, -0.25) is 4.79 Å². The van der Waals surface area contributed by atoms with E-state index in [1.165, 1.54) is 17.0 Å². The fraction of sp³-hybridized carbons (Fsp3) is 0.471. The van der Waals surface area contributed by atoms with Crippen molar-refractivity contribution in [1.29, 1.82) is 5.26 Å². The number of halogens is 4. The van der Waals surface area contributed by atoms with Crippen LogP contribution in [0.2, 0.25) is 0 Å². The molecule has 1 heterocycles. The van der Waals surface area contributed by atoms with Crippen LogP contribution in [0.25, 0.3) is 0 Å². The largest absolute Gasteiger partial charge is 0.417 e. The molecule has 1 aromatic rings. The number of alkyl halides is 4. The van der Waals surface area contributed by atoms with Crippen LogP contribution < -0.4 is 4.90 Å². The highest BCUT2D eigenvalue weighted by Crippen LogP contribution is 2.37. The number of unbranched alkanes of at least 4 members (excludes halogenated alkanes) is 1. The minimum Gasteiger partial charge on any atom is -0.310 e. The first-order valence-electron chi connectivity index (χ1n) is 7.89. The van der Waals surface area contributed by atoms with Crippen molar-refractivity contribution in [2.45, 2.75) is 38.4 Å². The van der Waals surface area contributed by atoms with Crippen LogP contribution in [0.15, 0.2) is 18.2 Å². The summed E-state index contributed by atoms with van der Waals surface area (Å²) < 4.78 is 39.5. The van der Waals surface area contributed by atoms with Crippen molar-refractivity contribution in [3.8, 4) is 6.07 Å². The molecule has 0 radical (unpaired) electrons. The van der Waals surface area contributed by atoms with Gasteiger partial charge in [0.1, 0.15) is 5.54 Å². The predicted octanol–water partition coefficient (Wildman–Crippen LogP) is 4.30. The van der Waals surface area contributed by atoms with Gasteiger partial charge in [0, 0.05) is 11.9 Å². The van der Waals surface area contributed by atoms with Gasteiger partial charge in [-0.15, -0.1) is 0 Å². The molecule has 26 heavy (non-hydrogen) atoms. The molecule has 0 saturated carbocycles. The van der Waals surface area contributed by atoms with E-state index in [4.69, 9.17) is 5.26 Å². The van der Waals surface area contributed by atoms with Crippen molar-refractivity contribution in [1.82, 2.24) is 4.90 Å². The summed E-state index contributed by atoms with van der Waals surface area (Å²) in [5, 5.41) is 9.63. The topological polar surface area (TPSA) is 64.4 Å². The Morgan fingerprint density at radius 2 is 1.88 bits per heavy atom. The average molecular weight is 432 g/mol. The predicted molar refractivity (Wildman–Crippen MR) is 92.9 cm³/mol. The lowest BCUT2D eigenvalue weighted by Gasteiger charge is -2.27. The monoisotopic (exact) mass is 431 g/mol. The summed E-state index contributed by atoms with van der Waals surface area (Å²) in [5.41, 5.74) is -3.08. The maximum atomic E-state index is 13.2. The number of amides is 3. The molecule has 0 spiro atoms. The van der Waals surface area contributed by atoms with Gasteiger partial charge in [-0.1, -0.05) is 15.9 Å². The van der Waals surface area contributed by atoms with Gasteiger partial charge in [-0.05, 0) is 44.9 Å². The lowest BCUT2D eigenvalue weighted by molar-refractivity contribution is -0.137. The van der Waals surface area contributed by atoms with Crippen LogP contribution in [0.4, 0.5) is 23.7 Å². The van der Waals surface area contributed by atoms with Gasteiger partial charge >= 0.3 is 12.2 Å². The molecule has 2 rings (SSSR count). The average Bonchev–Trinajstić information content (AvgIpc) is 2.73. The number of hydrogen-bond acceptors (Lipinski definition) is 3. The van der Waals surface area contributed by atoms with Crippen LogP contribution in [0.3, 0.4) is 0 Å². The summed E-state index contributed by atoms with van der Waals surface area (Å²) in [6.07, 6.45) is -3.32. The van der Waals surface area contributed by atoms with Gasteiger partial charge in [0.25, 0.3) is 5.91 Å². The molecular formula is C17H17BrF3N3O2. The first-order chi connectivity index (χ1) is 12.1. The maximum Gasteiger partial charge on any atom is 0.417 e. The van der Waals surface area contributed by atoms with Crippen LogP contribution >= 0.6 is 15.9 Å². The Labute approximate surface area is 157 Å². The van der Waals surface area contributed by atoms with Gasteiger partial charge in [0.05, 0.1) is 22.9 Å². The molecule has 0 aromatic heterocycles. The standard InChI is InChI=1S/C17H17BrF3N3O2/c1-16(2)14(25)24(15(26)23(16)8-4-3-7-18)12-6-5-11(10-22)13(9-12)17(19,20)21/h5-6,9H,3-4,7-8H2,1-2H3. The summed E-state index contributed by atoms with van der Waals surface area (Å²) in [6, 6.07) is 3.65. The first-order valence-corrected chi connectivity index (χ1v) is 9.01. The summed E-state index contributed by atoms with van der Waals surface area (Å²) in [5.74, 6) is -0.598. The number of hydrogen-bond donors (Lipinski definition) is 0. The quantitative estimate of drug-likeness (QED) is 0.396. The SMILES string of the molecule is CC1(C)C(=O)N(c2ccc(C#N)c(C(F)(F)F)c2)C(=O)N1CCCCBr. The summed E-state index contributed by atoms with van der Waals surface area (Å²) >= 11 is 3.29. The minimum atomic E-state index is -4.77. The van der Waals surface area contributed by atoms with E-state index in [0.29, 0.717) is 19.0 Å². The van der Waals surface area contributed by atoms with Gasteiger partial charge in [-0.2, -0.15) is 18.4 Å². The second-order valence-corrected chi connectivity index (χ2v) is 7.16. The normalized spacial score (nSPS) is 17.0. The molecule has 1 aliphatic rings. The molecule has 0 unspecified atom stereocenters. The second-order valence-electron chi connectivity index (χ2n) is 6.37. The Kier molecular flexibility index (Phi) is 5.66. The van der Waals surface area contributed by atoms with Crippen molar-refractivity contribution < 1.29 is 22.8 Å². The zero-order valence-corrected chi connectivity index (χ0v) is 15.8. The number of nitriles is 1. The molecular weight excluding hydrogens is 415 g/mol. The number of imide groups is 1. The highest BCUT2D eigenvalue weighted by Gasteiger charge is 2.51. The molecule has 5 nitrogen and oxygen atoms in total. The Morgan fingerprint density at radius 1 is 1.23 bits per heavy atom. The molecule has 0 bridgehead atoms. The number of benzene rings is 1. The number of anilines is 1. The van der Waals surface area contributed by atoms with Crippen LogP contribution in [-0.4, -0.2) is 34.3 Å². The number of carbonyl (C=O) groups excluding carboxylic acids is 2. The van der Waals surface area contributed by atoms with Gasteiger partial charge in [0.2, 0.25) is 0 Å². The molecule has 0 aliphatic carbocycles. The highest BCUT2D eigenvalue weighted by molar-refractivity contribution is 9.09. The van der Waals surface area contributed by atoms with E-state index < -0.39 is 34.8 Å². The third-order valence-electron chi connectivity index (χ3n) is 4.28. The molecule has 9 heteroatoms. The maximum absolute atomic E-state index is 13.2. The van der Waals surface area contributed by atoms with Crippen molar-refractivity contribution in [2.75, 3.05) is 16.8 Å². The summed E-state index contributed by atoms with van der Waals surface area (Å²) in [4.78, 5) is 27.5. The molecule has 3 amide bonds. The number of nitrogens with zero attached hydrogens (tertiary/aromatic N) is 3. The molecule has 1 aromatic carbocycles. The second kappa shape index (κ2) is 7.27. The number of carbonyl (C=O) groups is 2.